The topological polar surface area (TPSA) is 55.1 Å². The van der Waals surface area contributed by atoms with Crippen molar-refractivity contribution in [3.63, 3.8) is 0 Å². The Kier molecular flexibility index (Phi) is 4.68. The molecule has 0 saturated heterocycles. The lowest BCUT2D eigenvalue weighted by atomic mass is 10.1. The molecular formula is C15H14BrClN2O. The Morgan fingerprint density at radius 2 is 2.05 bits per heavy atom. The third kappa shape index (κ3) is 3.52. The molecular weight excluding hydrogens is 340 g/mol. The number of benzene rings is 2. The first-order valence-electron chi connectivity index (χ1n) is 6.08. The quantitative estimate of drug-likeness (QED) is 0.813. The van der Waals surface area contributed by atoms with E-state index >= 15 is 0 Å². The number of hydrogen-bond donors (Lipinski definition) is 2. The van der Waals surface area contributed by atoms with Crippen LogP contribution in [0.4, 0.5) is 5.69 Å². The molecule has 0 bridgehead atoms. The van der Waals surface area contributed by atoms with E-state index in [1.54, 1.807) is 24.3 Å². The highest BCUT2D eigenvalue weighted by Gasteiger charge is 2.14. The molecule has 1 atom stereocenters. The summed E-state index contributed by atoms with van der Waals surface area (Å²) >= 11 is 9.28. The van der Waals surface area contributed by atoms with Gasteiger partial charge in [0, 0.05) is 15.2 Å². The highest BCUT2D eigenvalue weighted by Crippen LogP contribution is 2.21. The van der Waals surface area contributed by atoms with E-state index in [-0.39, 0.29) is 11.9 Å². The van der Waals surface area contributed by atoms with Crippen molar-refractivity contribution >= 4 is 39.1 Å². The van der Waals surface area contributed by atoms with E-state index in [4.69, 9.17) is 17.3 Å². The Hall–Kier alpha value is -1.52. The number of rotatable bonds is 3. The van der Waals surface area contributed by atoms with Crippen molar-refractivity contribution in [1.82, 2.24) is 5.32 Å². The van der Waals surface area contributed by atoms with E-state index in [2.05, 4.69) is 21.2 Å². The summed E-state index contributed by atoms with van der Waals surface area (Å²) in [5.74, 6) is -0.212. The van der Waals surface area contributed by atoms with Gasteiger partial charge in [-0.3, -0.25) is 4.79 Å². The number of nitrogen functional groups attached to an aromatic ring is 1. The minimum absolute atomic E-state index is 0.153. The van der Waals surface area contributed by atoms with Gasteiger partial charge >= 0.3 is 0 Å². The lowest BCUT2D eigenvalue weighted by Gasteiger charge is -2.15. The normalized spacial score (nSPS) is 11.9. The molecule has 2 rings (SSSR count). The van der Waals surface area contributed by atoms with Crippen LogP contribution in [0.1, 0.15) is 28.9 Å². The predicted molar refractivity (Wildman–Crippen MR) is 85.9 cm³/mol. The van der Waals surface area contributed by atoms with E-state index in [9.17, 15) is 4.79 Å². The van der Waals surface area contributed by atoms with Gasteiger partial charge in [0.25, 0.3) is 5.91 Å². The van der Waals surface area contributed by atoms with E-state index in [0.717, 1.165) is 10.0 Å². The average Bonchev–Trinajstić information content (AvgIpc) is 2.41. The van der Waals surface area contributed by atoms with Crippen molar-refractivity contribution in [2.45, 2.75) is 13.0 Å². The third-order valence-electron chi connectivity index (χ3n) is 2.96. The van der Waals surface area contributed by atoms with Crippen LogP contribution in [0.2, 0.25) is 5.02 Å². The van der Waals surface area contributed by atoms with Gasteiger partial charge in [-0.2, -0.15) is 0 Å². The molecule has 0 fully saturated rings. The van der Waals surface area contributed by atoms with E-state index in [1.165, 1.54) is 0 Å². The maximum Gasteiger partial charge on any atom is 0.253 e. The molecule has 0 heterocycles. The Balaban J connectivity index is 2.17. The molecule has 0 saturated carbocycles. The van der Waals surface area contributed by atoms with Gasteiger partial charge in [-0.1, -0.05) is 39.7 Å². The molecule has 0 unspecified atom stereocenters. The number of amides is 1. The maximum atomic E-state index is 12.2. The number of carbonyl (C=O) groups excluding carboxylic acids is 1. The second-order valence-electron chi connectivity index (χ2n) is 4.48. The SMILES string of the molecule is C[C@H](NC(=O)c1cc(Br)ccc1N)c1cccc(Cl)c1. The van der Waals surface area contributed by atoms with Gasteiger partial charge in [-0.25, -0.2) is 0 Å². The van der Waals surface area contributed by atoms with E-state index in [0.29, 0.717) is 16.3 Å². The number of carbonyl (C=O) groups is 1. The Morgan fingerprint density at radius 1 is 1.30 bits per heavy atom. The number of hydrogen-bond acceptors (Lipinski definition) is 2. The standard InChI is InChI=1S/C15H14BrClN2O/c1-9(10-3-2-4-12(17)7-10)19-15(20)13-8-11(16)5-6-14(13)18/h2-9H,18H2,1H3,(H,19,20)/t9-/m0/s1. The molecule has 20 heavy (non-hydrogen) atoms. The third-order valence-corrected chi connectivity index (χ3v) is 3.68. The van der Waals surface area contributed by atoms with Crippen LogP contribution in [0.5, 0.6) is 0 Å². The lowest BCUT2D eigenvalue weighted by Crippen LogP contribution is -2.27. The van der Waals surface area contributed by atoms with Crippen molar-refractivity contribution in [2.24, 2.45) is 0 Å². The first-order valence-corrected chi connectivity index (χ1v) is 7.26. The molecule has 2 aromatic rings. The molecule has 0 spiro atoms. The summed E-state index contributed by atoms with van der Waals surface area (Å²) in [5.41, 5.74) is 7.67. The first kappa shape index (κ1) is 14.9. The monoisotopic (exact) mass is 352 g/mol. The van der Waals surface area contributed by atoms with Crippen LogP contribution < -0.4 is 11.1 Å². The number of anilines is 1. The van der Waals surface area contributed by atoms with E-state index in [1.807, 2.05) is 25.1 Å². The minimum atomic E-state index is -0.212. The van der Waals surface area contributed by atoms with E-state index < -0.39 is 0 Å². The fourth-order valence-corrected chi connectivity index (χ4v) is 2.42. The number of halogens is 2. The van der Waals surface area contributed by atoms with Gasteiger partial charge in [-0.15, -0.1) is 0 Å². The Bertz CT molecular complexity index is 646. The van der Waals surface area contributed by atoms with Crippen molar-refractivity contribution < 1.29 is 4.79 Å². The number of nitrogens with two attached hydrogens (primary N) is 1. The van der Waals surface area contributed by atoms with Gasteiger partial charge < -0.3 is 11.1 Å². The molecule has 0 aliphatic carbocycles. The molecule has 104 valence electrons. The predicted octanol–water partition coefficient (Wildman–Crippen LogP) is 4.18. The van der Waals surface area contributed by atoms with Crippen LogP contribution in [0.15, 0.2) is 46.9 Å². The zero-order valence-electron chi connectivity index (χ0n) is 10.9. The van der Waals surface area contributed by atoms with Crippen molar-refractivity contribution in [3.8, 4) is 0 Å². The average molecular weight is 354 g/mol. The smallest absolute Gasteiger partial charge is 0.253 e. The van der Waals surface area contributed by atoms with Crippen LogP contribution in [0.25, 0.3) is 0 Å². The van der Waals surface area contributed by atoms with Gasteiger partial charge in [0.1, 0.15) is 0 Å². The summed E-state index contributed by atoms with van der Waals surface area (Å²) < 4.78 is 0.812. The van der Waals surface area contributed by atoms with Gasteiger partial charge in [0.05, 0.1) is 11.6 Å². The number of nitrogens with one attached hydrogen (secondary N) is 1. The molecule has 0 aliphatic heterocycles. The molecule has 2 aromatic carbocycles. The molecule has 5 heteroatoms. The van der Waals surface area contributed by atoms with Gasteiger partial charge in [-0.05, 0) is 42.8 Å². The van der Waals surface area contributed by atoms with Crippen LogP contribution >= 0.6 is 27.5 Å². The zero-order chi connectivity index (χ0) is 14.7. The summed E-state index contributed by atoms with van der Waals surface area (Å²) in [4.78, 5) is 12.2. The van der Waals surface area contributed by atoms with Crippen molar-refractivity contribution in [2.75, 3.05) is 5.73 Å². The largest absolute Gasteiger partial charge is 0.398 e. The maximum absolute atomic E-state index is 12.2. The second-order valence-corrected chi connectivity index (χ2v) is 5.83. The highest BCUT2D eigenvalue weighted by atomic mass is 79.9. The fraction of sp³-hybridized carbons (Fsp3) is 0.133. The first-order chi connectivity index (χ1) is 9.47. The lowest BCUT2D eigenvalue weighted by molar-refractivity contribution is 0.0940. The van der Waals surface area contributed by atoms with Gasteiger partial charge in [0.15, 0.2) is 0 Å². The van der Waals surface area contributed by atoms with Crippen LogP contribution in [0.3, 0.4) is 0 Å². The van der Waals surface area contributed by atoms with Crippen molar-refractivity contribution in [3.05, 3.63) is 63.1 Å². The molecule has 0 radical (unpaired) electrons. The summed E-state index contributed by atoms with van der Waals surface area (Å²) in [6.07, 6.45) is 0. The van der Waals surface area contributed by atoms with Crippen LogP contribution in [-0.2, 0) is 0 Å². The molecule has 3 nitrogen and oxygen atoms in total. The molecule has 0 aliphatic rings. The molecule has 0 aromatic heterocycles. The summed E-state index contributed by atoms with van der Waals surface area (Å²) in [7, 11) is 0. The van der Waals surface area contributed by atoms with Crippen LogP contribution in [-0.4, -0.2) is 5.91 Å². The molecule has 3 N–H and O–H groups in total. The zero-order valence-corrected chi connectivity index (χ0v) is 13.2. The fourth-order valence-electron chi connectivity index (χ4n) is 1.86. The van der Waals surface area contributed by atoms with Gasteiger partial charge in [0.2, 0.25) is 0 Å². The van der Waals surface area contributed by atoms with Crippen molar-refractivity contribution in [1.29, 1.82) is 0 Å². The Labute approximate surface area is 131 Å². The second kappa shape index (κ2) is 6.29. The highest BCUT2D eigenvalue weighted by molar-refractivity contribution is 9.10. The summed E-state index contributed by atoms with van der Waals surface area (Å²) in [6, 6.07) is 12.4. The van der Waals surface area contributed by atoms with Crippen LogP contribution in [0, 0.1) is 0 Å². The summed E-state index contributed by atoms with van der Waals surface area (Å²) in [5, 5.41) is 3.55. The molecule has 1 amide bonds. The Morgan fingerprint density at radius 3 is 2.75 bits per heavy atom. The summed E-state index contributed by atoms with van der Waals surface area (Å²) in [6.45, 7) is 1.90. The minimum Gasteiger partial charge on any atom is -0.398 e.